The van der Waals surface area contributed by atoms with Crippen molar-refractivity contribution in [2.24, 2.45) is 0 Å². The van der Waals surface area contributed by atoms with Gasteiger partial charge >= 0.3 is 0 Å². The minimum Gasteiger partial charge on any atom is -0.508 e. The second-order valence-corrected chi connectivity index (χ2v) is 6.22. The van der Waals surface area contributed by atoms with Crippen molar-refractivity contribution in [3.63, 3.8) is 0 Å². The molecule has 6 heteroatoms. The fourth-order valence-corrected chi connectivity index (χ4v) is 3.70. The highest BCUT2D eigenvalue weighted by Gasteiger charge is 2.39. The molecule has 0 radical (unpaired) electrons. The van der Waals surface area contributed by atoms with Gasteiger partial charge in [0.1, 0.15) is 29.3 Å². The van der Waals surface area contributed by atoms with E-state index in [1.54, 1.807) is 23.5 Å². The van der Waals surface area contributed by atoms with E-state index in [-0.39, 0.29) is 23.3 Å². The van der Waals surface area contributed by atoms with Gasteiger partial charge in [0.15, 0.2) is 9.84 Å². The molecular weight excluding hydrogens is 230 g/mol. The predicted octanol–water partition coefficient (Wildman–Crippen LogP) is -1.25. The van der Waals surface area contributed by atoms with Crippen molar-refractivity contribution in [2.75, 3.05) is 11.5 Å². The van der Waals surface area contributed by atoms with Crippen molar-refractivity contribution in [2.45, 2.75) is 12.1 Å². The molecule has 1 aliphatic rings. The van der Waals surface area contributed by atoms with E-state index < -0.39 is 15.9 Å². The Morgan fingerprint density at radius 3 is 2.62 bits per heavy atom. The first-order chi connectivity index (χ1) is 7.46. The Bertz CT molecular complexity index is 485. The SMILES string of the molecule is O=S1(=O)CC(O)C([NH2+]c2cccc(O)c2)C1. The van der Waals surface area contributed by atoms with Crippen LogP contribution in [-0.2, 0) is 9.84 Å². The Hall–Kier alpha value is -1.11. The van der Waals surface area contributed by atoms with Crippen LogP contribution in [0.2, 0.25) is 0 Å². The lowest BCUT2D eigenvalue weighted by Gasteiger charge is -2.10. The summed E-state index contributed by atoms with van der Waals surface area (Å²) in [6.07, 6.45) is -0.840. The van der Waals surface area contributed by atoms with Gasteiger partial charge in [-0.15, -0.1) is 0 Å². The molecule has 0 bridgehead atoms. The van der Waals surface area contributed by atoms with Gasteiger partial charge in [0.05, 0.1) is 5.75 Å². The monoisotopic (exact) mass is 244 g/mol. The molecule has 1 aromatic carbocycles. The molecule has 4 N–H and O–H groups in total. The number of hydrogen-bond acceptors (Lipinski definition) is 4. The number of sulfone groups is 1. The molecule has 0 aromatic heterocycles. The smallest absolute Gasteiger partial charge is 0.159 e. The molecular formula is C10H14NO4S+. The molecule has 2 atom stereocenters. The van der Waals surface area contributed by atoms with Crippen LogP contribution in [-0.4, -0.2) is 42.3 Å². The topological polar surface area (TPSA) is 91.2 Å². The maximum absolute atomic E-state index is 11.3. The van der Waals surface area contributed by atoms with Crippen LogP contribution >= 0.6 is 0 Å². The Labute approximate surface area is 93.6 Å². The first-order valence-electron chi connectivity index (χ1n) is 4.99. The van der Waals surface area contributed by atoms with E-state index in [0.717, 1.165) is 5.69 Å². The molecule has 0 aliphatic carbocycles. The van der Waals surface area contributed by atoms with Gasteiger partial charge in [-0.3, -0.25) is 0 Å². The van der Waals surface area contributed by atoms with Crippen LogP contribution in [0.1, 0.15) is 0 Å². The standard InChI is InChI=1S/C10H13NO4S/c12-8-3-1-2-7(4-8)11-9-5-16(14,15)6-10(9)13/h1-4,9-13H,5-6H2/p+1. The summed E-state index contributed by atoms with van der Waals surface area (Å²) in [5, 5.41) is 20.5. The first kappa shape index (κ1) is 11.4. The minimum atomic E-state index is -3.12. The normalized spacial score (nSPS) is 28.1. The molecule has 2 unspecified atom stereocenters. The van der Waals surface area contributed by atoms with Gasteiger partial charge in [-0.05, 0) is 12.1 Å². The molecule has 1 fully saturated rings. The summed E-state index contributed by atoms with van der Waals surface area (Å²) in [4.78, 5) is 0. The lowest BCUT2D eigenvalue weighted by molar-refractivity contribution is -0.613. The lowest BCUT2D eigenvalue weighted by atomic mass is 10.2. The second-order valence-electron chi connectivity index (χ2n) is 4.07. The van der Waals surface area contributed by atoms with E-state index in [0.29, 0.717) is 0 Å². The van der Waals surface area contributed by atoms with Crippen LogP contribution in [0.5, 0.6) is 5.75 Å². The molecule has 88 valence electrons. The zero-order valence-electron chi connectivity index (χ0n) is 8.57. The van der Waals surface area contributed by atoms with E-state index in [4.69, 9.17) is 0 Å². The molecule has 1 aromatic rings. The number of hydrogen-bond donors (Lipinski definition) is 3. The largest absolute Gasteiger partial charge is 0.508 e. The fourth-order valence-electron chi connectivity index (χ4n) is 1.89. The Kier molecular flexibility index (Phi) is 2.88. The summed E-state index contributed by atoms with van der Waals surface area (Å²) in [6, 6.07) is 6.14. The average molecular weight is 244 g/mol. The molecule has 1 saturated heterocycles. The zero-order valence-corrected chi connectivity index (χ0v) is 9.39. The minimum absolute atomic E-state index is 0.0240. The maximum atomic E-state index is 11.3. The molecule has 5 nitrogen and oxygen atoms in total. The van der Waals surface area contributed by atoms with Gasteiger partial charge in [0.25, 0.3) is 0 Å². The van der Waals surface area contributed by atoms with E-state index in [1.165, 1.54) is 6.07 Å². The number of nitrogens with two attached hydrogens (primary N) is 1. The van der Waals surface area contributed by atoms with Crippen LogP contribution in [0.3, 0.4) is 0 Å². The highest BCUT2D eigenvalue weighted by atomic mass is 32.2. The highest BCUT2D eigenvalue weighted by molar-refractivity contribution is 7.91. The summed E-state index contributed by atoms with van der Waals surface area (Å²) in [6.45, 7) is 0. The van der Waals surface area contributed by atoms with Gasteiger partial charge in [0, 0.05) is 6.07 Å². The van der Waals surface area contributed by atoms with E-state index >= 15 is 0 Å². The van der Waals surface area contributed by atoms with Gasteiger partial charge in [-0.1, -0.05) is 6.07 Å². The van der Waals surface area contributed by atoms with Crippen LogP contribution in [0.4, 0.5) is 5.69 Å². The predicted molar refractivity (Wildman–Crippen MR) is 58.1 cm³/mol. The molecule has 2 rings (SSSR count). The quantitative estimate of drug-likeness (QED) is 0.567. The summed E-state index contributed by atoms with van der Waals surface area (Å²) in [7, 11) is -3.12. The van der Waals surface area contributed by atoms with Crippen LogP contribution in [0, 0.1) is 0 Å². The number of quaternary nitrogens is 1. The third-order valence-corrected chi connectivity index (χ3v) is 4.38. The molecule has 1 aliphatic heterocycles. The van der Waals surface area contributed by atoms with Crippen molar-refractivity contribution in [1.29, 1.82) is 0 Å². The molecule has 1 heterocycles. The summed E-state index contributed by atoms with van der Waals surface area (Å²) < 4.78 is 22.6. The van der Waals surface area contributed by atoms with Crippen molar-refractivity contribution in [3.05, 3.63) is 24.3 Å². The van der Waals surface area contributed by atoms with Gasteiger partial charge in [-0.2, -0.15) is 0 Å². The van der Waals surface area contributed by atoms with Gasteiger partial charge in [0.2, 0.25) is 0 Å². The first-order valence-corrected chi connectivity index (χ1v) is 6.81. The molecule has 16 heavy (non-hydrogen) atoms. The third-order valence-electron chi connectivity index (χ3n) is 2.64. The lowest BCUT2D eigenvalue weighted by Crippen LogP contribution is -2.87. The Morgan fingerprint density at radius 2 is 2.06 bits per heavy atom. The van der Waals surface area contributed by atoms with Crippen molar-refractivity contribution in [1.82, 2.24) is 0 Å². The average Bonchev–Trinajstić information content (AvgIpc) is 2.39. The maximum Gasteiger partial charge on any atom is 0.159 e. The van der Waals surface area contributed by atoms with Crippen LogP contribution in [0.15, 0.2) is 24.3 Å². The van der Waals surface area contributed by atoms with Crippen LogP contribution < -0.4 is 5.32 Å². The van der Waals surface area contributed by atoms with Crippen LogP contribution in [0.25, 0.3) is 0 Å². The number of aliphatic hydroxyl groups excluding tert-OH is 1. The zero-order chi connectivity index (χ0) is 11.8. The van der Waals surface area contributed by atoms with Crippen molar-refractivity contribution < 1.29 is 23.9 Å². The van der Waals surface area contributed by atoms with Crippen molar-refractivity contribution in [3.8, 4) is 5.75 Å². The third kappa shape index (κ3) is 2.52. The fraction of sp³-hybridized carbons (Fsp3) is 0.400. The highest BCUT2D eigenvalue weighted by Crippen LogP contribution is 2.14. The number of benzene rings is 1. The summed E-state index contributed by atoms with van der Waals surface area (Å²) in [5.41, 5.74) is 0.723. The molecule has 0 spiro atoms. The van der Waals surface area contributed by atoms with E-state index in [9.17, 15) is 18.6 Å². The number of aromatic hydroxyl groups is 1. The summed E-state index contributed by atoms with van der Waals surface area (Å²) in [5.74, 6) is -0.0688. The molecule has 0 saturated carbocycles. The van der Waals surface area contributed by atoms with E-state index in [1.807, 2.05) is 0 Å². The number of phenols is 1. The number of aliphatic hydroxyl groups is 1. The number of rotatable bonds is 2. The Balaban J connectivity index is 2.11. The second kappa shape index (κ2) is 4.04. The summed E-state index contributed by atoms with van der Waals surface area (Å²) >= 11 is 0. The van der Waals surface area contributed by atoms with E-state index in [2.05, 4.69) is 0 Å². The Morgan fingerprint density at radius 1 is 1.31 bits per heavy atom. The van der Waals surface area contributed by atoms with Gasteiger partial charge in [-0.25, -0.2) is 8.42 Å². The van der Waals surface area contributed by atoms with Gasteiger partial charge < -0.3 is 15.5 Å². The molecule has 0 amide bonds. The van der Waals surface area contributed by atoms with Crippen molar-refractivity contribution >= 4 is 15.5 Å². The number of phenolic OH excluding ortho intramolecular Hbond substituents is 1.